The van der Waals surface area contributed by atoms with Crippen LogP contribution in [0.4, 0.5) is 0 Å². The SMILES string of the molecule is CCCCc1ccc(C(=O)OOC2CCCCC2)cc1. The van der Waals surface area contributed by atoms with Crippen LogP contribution >= 0.6 is 0 Å². The van der Waals surface area contributed by atoms with Crippen LogP contribution in [0.25, 0.3) is 0 Å². The lowest BCUT2D eigenvalue weighted by atomic mass is 9.98. The minimum Gasteiger partial charge on any atom is -0.293 e. The summed E-state index contributed by atoms with van der Waals surface area (Å²) in [5, 5.41) is 0. The largest absolute Gasteiger partial charge is 0.373 e. The lowest BCUT2D eigenvalue weighted by Gasteiger charge is -2.19. The molecule has 0 aromatic heterocycles. The highest BCUT2D eigenvalue weighted by Gasteiger charge is 2.17. The fourth-order valence-electron chi connectivity index (χ4n) is 2.51. The van der Waals surface area contributed by atoms with E-state index in [1.165, 1.54) is 24.8 Å². The monoisotopic (exact) mass is 276 g/mol. The van der Waals surface area contributed by atoms with Crippen molar-refractivity contribution >= 4 is 5.97 Å². The lowest BCUT2D eigenvalue weighted by molar-refractivity contribution is -0.279. The number of aryl methyl sites for hydroxylation is 1. The van der Waals surface area contributed by atoms with E-state index < -0.39 is 5.97 Å². The second kappa shape index (κ2) is 8.05. The second-order valence-electron chi connectivity index (χ2n) is 5.53. The first-order chi connectivity index (χ1) is 9.79. The first-order valence-corrected chi connectivity index (χ1v) is 7.76. The number of unbranched alkanes of at least 4 members (excludes halogenated alkanes) is 1. The molecule has 1 aromatic carbocycles. The van der Waals surface area contributed by atoms with Crippen LogP contribution in [0, 0.1) is 0 Å². The van der Waals surface area contributed by atoms with E-state index in [1.54, 1.807) is 0 Å². The zero-order valence-electron chi connectivity index (χ0n) is 12.3. The first-order valence-electron chi connectivity index (χ1n) is 7.76. The van der Waals surface area contributed by atoms with Crippen molar-refractivity contribution in [2.24, 2.45) is 0 Å². The molecule has 0 unspecified atom stereocenters. The molecule has 0 spiro atoms. The topological polar surface area (TPSA) is 35.5 Å². The number of benzene rings is 1. The second-order valence-corrected chi connectivity index (χ2v) is 5.53. The minimum atomic E-state index is -0.391. The van der Waals surface area contributed by atoms with Gasteiger partial charge in [0.05, 0.1) is 5.56 Å². The van der Waals surface area contributed by atoms with Crippen molar-refractivity contribution in [1.29, 1.82) is 0 Å². The Morgan fingerprint density at radius 1 is 1.15 bits per heavy atom. The van der Waals surface area contributed by atoms with E-state index in [9.17, 15) is 4.79 Å². The number of hydrogen-bond acceptors (Lipinski definition) is 3. The van der Waals surface area contributed by atoms with Crippen molar-refractivity contribution < 1.29 is 14.6 Å². The Hall–Kier alpha value is -1.35. The van der Waals surface area contributed by atoms with Crippen LogP contribution in [0.5, 0.6) is 0 Å². The standard InChI is InChI=1S/C17H24O3/c1-2-3-7-14-10-12-15(13-11-14)17(18)20-19-16-8-5-4-6-9-16/h10-13,16H,2-9H2,1H3. The summed E-state index contributed by atoms with van der Waals surface area (Å²) in [6, 6.07) is 7.62. The smallest absolute Gasteiger partial charge is 0.293 e. The molecule has 0 amide bonds. The third-order valence-corrected chi connectivity index (χ3v) is 3.82. The van der Waals surface area contributed by atoms with Gasteiger partial charge in [-0.1, -0.05) is 44.7 Å². The van der Waals surface area contributed by atoms with Gasteiger partial charge in [-0.3, -0.25) is 4.89 Å². The molecule has 0 atom stereocenters. The van der Waals surface area contributed by atoms with Crippen LogP contribution in [0.15, 0.2) is 24.3 Å². The van der Waals surface area contributed by atoms with Gasteiger partial charge in [0.25, 0.3) is 0 Å². The molecule has 3 nitrogen and oxygen atoms in total. The van der Waals surface area contributed by atoms with Gasteiger partial charge in [0, 0.05) is 0 Å². The average Bonchev–Trinajstić information content (AvgIpc) is 2.52. The van der Waals surface area contributed by atoms with Crippen LogP contribution in [0.3, 0.4) is 0 Å². The molecular weight excluding hydrogens is 252 g/mol. The van der Waals surface area contributed by atoms with E-state index in [0.29, 0.717) is 5.56 Å². The van der Waals surface area contributed by atoms with Crippen molar-refractivity contribution in [3.05, 3.63) is 35.4 Å². The molecule has 0 radical (unpaired) electrons. The molecule has 110 valence electrons. The van der Waals surface area contributed by atoms with Gasteiger partial charge in [-0.2, -0.15) is 4.89 Å². The predicted molar refractivity (Wildman–Crippen MR) is 78.4 cm³/mol. The van der Waals surface area contributed by atoms with Gasteiger partial charge in [-0.15, -0.1) is 0 Å². The van der Waals surface area contributed by atoms with Gasteiger partial charge in [0.2, 0.25) is 0 Å². The van der Waals surface area contributed by atoms with E-state index in [-0.39, 0.29) is 6.10 Å². The summed E-state index contributed by atoms with van der Waals surface area (Å²) in [6.07, 6.45) is 9.05. The Kier molecular flexibility index (Phi) is 6.06. The Morgan fingerprint density at radius 3 is 2.50 bits per heavy atom. The van der Waals surface area contributed by atoms with Crippen molar-refractivity contribution in [3.8, 4) is 0 Å². The molecule has 0 bridgehead atoms. The molecule has 1 saturated carbocycles. The van der Waals surface area contributed by atoms with Gasteiger partial charge in [-0.05, 0) is 43.4 Å². The van der Waals surface area contributed by atoms with E-state index in [2.05, 4.69) is 6.92 Å². The summed E-state index contributed by atoms with van der Waals surface area (Å²) in [7, 11) is 0. The highest BCUT2D eigenvalue weighted by molar-refractivity contribution is 5.88. The quantitative estimate of drug-likeness (QED) is 0.569. The minimum absolute atomic E-state index is 0.0801. The van der Waals surface area contributed by atoms with Gasteiger partial charge >= 0.3 is 5.97 Å². The first kappa shape index (κ1) is 15.0. The maximum absolute atomic E-state index is 11.9. The predicted octanol–water partition coefficient (Wildman–Crippen LogP) is 4.45. The summed E-state index contributed by atoms with van der Waals surface area (Å²) in [5.74, 6) is -0.391. The average molecular weight is 276 g/mol. The molecule has 3 heteroatoms. The van der Waals surface area contributed by atoms with Crippen LogP contribution < -0.4 is 0 Å². The van der Waals surface area contributed by atoms with E-state index in [4.69, 9.17) is 9.78 Å². The normalized spacial score (nSPS) is 16.1. The van der Waals surface area contributed by atoms with E-state index in [0.717, 1.165) is 32.1 Å². The maximum atomic E-state index is 11.9. The molecule has 1 aliphatic rings. The number of carbonyl (C=O) groups excluding carboxylic acids is 1. The lowest BCUT2D eigenvalue weighted by Crippen LogP contribution is -2.19. The summed E-state index contributed by atoms with van der Waals surface area (Å²) >= 11 is 0. The molecule has 1 aliphatic carbocycles. The summed E-state index contributed by atoms with van der Waals surface area (Å²) in [4.78, 5) is 22.1. The van der Waals surface area contributed by atoms with Crippen molar-refractivity contribution in [3.63, 3.8) is 0 Å². The van der Waals surface area contributed by atoms with Crippen LogP contribution in [0.1, 0.15) is 67.8 Å². The zero-order valence-corrected chi connectivity index (χ0v) is 12.3. The molecule has 20 heavy (non-hydrogen) atoms. The molecule has 2 rings (SSSR count). The number of hydrogen-bond donors (Lipinski definition) is 0. The molecule has 0 heterocycles. The van der Waals surface area contributed by atoms with Gasteiger partial charge < -0.3 is 0 Å². The number of rotatable bonds is 6. The van der Waals surface area contributed by atoms with Gasteiger partial charge in [0.15, 0.2) is 0 Å². The Morgan fingerprint density at radius 2 is 1.85 bits per heavy atom. The van der Waals surface area contributed by atoms with Crippen molar-refractivity contribution in [2.75, 3.05) is 0 Å². The number of carbonyl (C=O) groups is 1. The van der Waals surface area contributed by atoms with Crippen molar-refractivity contribution in [2.45, 2.75) is 64.4 Å². The van der Waals surface area contributed by atoms with Crippen LogP contribution in [0.2, 0.25) is 0 Å². The Labute approximate surface area is 121 Å². The summed E-state index contributed by atoms with van der Waals surface area (Å²) in [6.45, 7) is 2.17. The van der Waals surface area contributed by atoms with Gasteiger partial charge in [0.1, 0.15) is 6.10 Å². The third-order valence-electron chi connectivity index (χ3n) is 3.82. The Bertz CT molecular complexity index is 405. The van der Waals surface area contributed by atoms with Crippen molar-refractivity contribution in [1.82, 2.24) is 0 Å². The highest BCUT2D eigenvalue weighted by atomic mass is 17.2. The highest BCUT2D eigenvalue weighted by Crippen LogP contribution is 2.20. The summed E-state index contributed by atoms with van der Waals surface area (Å²) in [5.41, 5.74) is 1.82. The molecule has 0 saturated heterocycles. The Balaban J connectivity index is 1.79. The fourth-order valence-corrected chi connectivity index (χ4v) is 2.51. The molecule has 0 aliphatic heterocycles. The van der Waals surface area contributed by atoms with E-state index >= 15 is 0 Å². The fraction of sp³-hybridized carbons (Fsp3) is 0.588. The molecule has 1 fully saturated rings. The third kappa shape index (κ3) is 4.64. The van der Waals surface area contributed by atoms with Gasteiger partial charge in [-0.25, -0.2) is 4.79 Å². The maximum Gasteiger partial charge on any atom is 0.373 e. The van der Waals surface area contributed by atoms with Crippen LogP contribution in [-0.2, 0) is 16.2 Å². The molecule has 1 aromatic rings. The molecule has 0 N–H and O–H groups in total. The van der Waals surface area contributed by atoms with E-state index in [1.807, 2.05) is 24.3 Å². The zero-order chi connectivity index (χ0) is 14.2. The summed E-state index contributed by atoms with van der Waals surface area (Å²) < 4.78 is 0. The molecular formula is C17H24O3. The van der Waals surface area contributed by atoms with Crippen LogP contribution in [-0.4, -0.2) is 12.1 Å².